The lowest BCUT2D eigenvalue weighted by Crippen LogP contribution is -1.93. The molecule has 0 aliphatic carbocycles. The van der Waals surface area contributed by atoms with Crippen molar-refractivity contribution >= 4 is 22.8 Å². The van der Waals surface area contributed by atoms with E-state index in [1.165, 1.54) is 0 Å². The molecule has 1 aromatic rings. The first-order chi connectivity index (χ1) is 5.57. The van der Waals surface area contributed by atoms with Gasteiger partial charge in [0.05, 0.1) is 10.7 Å². The lowest BCUT2D eigenvalue weighted by molar-refractivity contribution is 1.05. The minimum absolute atomic E-state index is 0.436. The summed E-state index contributed by atoms with van der Waals surface area (Å²) in [5.41, 5.74) is 1.99. The van der Waals surface area contributed by atoms with Gasteiger partial charge in [-0.25, -0.2) is 4.98 Å². The maximum atomic E-state index is 5.75. The second kappa shape index (κ2) is 3.15. The van der Waals surface area contributed by atoms with Gasteiger partial charge in [-0.05, 0) is 13.8 Å². The van der Waals surface area contributed by atoms with Crippen molar-refractivity contribution in [3.05, 3.63) is 30.4 Å². The summed E-state index contributed by atoms with van der Waals surface area (Å²) < 4.78 is 1.82. The summed E-state index contributed by atoms with van der Waals surface area (Å²) >= 11 is 5.75. The molecule has 0 spiro atoms. The van der Waals surface area contributed by atoms with E-state index in [2.05, 4.69) is 18.1 Å². The van der Waals surface area contributed by atoms with Crippen LogP contribution in [0.15, 0.2) is 13.2 Å². The summed E-state index contributed by atoms with van der Waals surface area (Å²) in [5.74, 6) is 0.668. The van der Waals surface area contributed by atoms with Crippen LogP contribution in [0, 0.1) is 13.8 Å². The lowest BCUT2D eigenvalue weighted by Gasteiger charge is -2.00. The summed E-state index contributed by atoms with van der Waals surface area (Å²) in [5, 5.41) is 0.436. The van der Waals surface area contributed by atoms with Crippen molar-refractivity contribution in [2.45, 2.75) is 13.8 Å². The summed E-state index contributed by atoms with van der Waals surface area (Å²) in [7, 11) is 0. The van der Waals surface area contributed by atoms with Gasteiger partial charge in [-0.1, -0.05) is 24.8 Å². The second-order valence-corrected chi connectivity index (χ2v) is 3.02. The molecule has 1 heterocycles. The van der Waals surface area contributed by atoms with E-state index < -0.39 is 0 Å². The van der Waals surface area contributed by atoms with Crippen molar-refractivity contribution in [2.24, 2.45) is 0 Å². The highest BCUT2D eigenvalue weighted by Gasteiger charge is 2.09. The summed E-state index contributed by atoms with van der Waals surface area (Å²) in [4.78, 5) is 4.24. The fraction of sp³-hybridized carbons (Fsp3) is 0.222. The number of aryl methyl sites for hydroxylation is 1. The highest BCUT2D eigenvalue weighted by atomic mass is 35.5. The molecule has 64 valence electrons. The summed E-state index contributed by atoms with van der Waals surface area (Å²) in [6, 6.07) is 0. The summed E-state index contributed by atoms with van der Waals surface area (Å²) in [6.45, 7) is 11.2. The first-order valence-corrected chi connectivity index (χ1v) is 3.98. The van der Waals surface area contributed by atoms with Gasteiger partial charge in [-0.2, -0.15) is 0 Å². The van der Waals surface area contributed by atoms with Gasteiger partial charge in [0.1, 0.15) is 0 Å². The van der Waals surface area contributed by atoms with Gasteiger partial charge in [0, 0.05) is 11.9 Å². The van der Waals surface area contributed by atoms with E-state index in [-0.39, 0.29) is 0 Å². The topological polar surface area (TPSA) is 17.8 Å². The Kier molecular flexibility index (Phi) is 2.38. The number of nitrogens with zero attached hydrogens (tertiary/aromatic N) is 2. The Morgan fingerprint density at radius 2 is 2.17 bits per heavy atom. The first-order valence-electron chi connectivity index (χ1n) is 3.60. The van der Waals surface area contributed by atoms with Gasteiger partial charge >= 0.3 is 0 Å². The molecular weight excluding hydrogens is 172 g/mol. The summed E-state index contributed by atoms with van der Waals surface area (Å²) in [6.07, 6.45) is 1.68. The van der Waals surface area contributed by atoms with Gasteiger partial charge in [-0.3, -0.25) is 0 Å². The van der Waals surface area contributed by atoms with E-state index in [1.54, 1.807) is 6.20 Å². The predicted octanol–water partition coefficient (Wildman–Crippen LogP) is 2.81. The van der Waals surface area contributed by atoms with Crippen LogP contribution in [0.3, 0.4) is 0 Å². The molecule has 0 fully saturated rings. The number of aromatic nitrogens is 2. The van der Waals surface area contributed by atoms with Crippen LogP contribution in [0.1, 0.15) is 17.2 Å². The quantitative estimate of drug-likeness (QED) is 0.688. The SMILES string of the molecule is C=Cn1c(C(=C)Cl)nc(C)c1C. The van der Waals surface area contributed by atoms with E-state index in [4.69, 9.17) is 11.6 Å². The third kappa shape index (κ3) is 1.30. The Labute approximate surface area is 77.2 Å². The molecule has 0 saturated heterocycles. The minimum atomic E-state index is 0.436. The zero-order chi connectivity index (χ0) is 9.30. The van der Waals surface area contributed by atoms with Crippen molar-refractivity contribution in [3.63, 3.8) is 0 Å². The maximum absolute atomic E-state index is 5.75. The normalized spacial score (nSPS) is 9.92. The molecule has 0 bridgehead atoms. The van der Waals surface area contributed by atoms with Crippen molar-refractivity contribution in [3.8, 4) is 0 Å². The third-order valence-electron chi connectivity index (χ3n) is 1.81. The highest BCUT2D eigenvalue weighted by molar-refractivity contribution is 6.47. The van der Waals surface area contributed by atoms with Crippen LogP contribution in [0.2, 0.25) is 0 Å². The number of halogens is 1. The molecule has 0 aliphatic heterocycles. The van der Waals surface area contributed by atoms with Gasteiger partial charge in [0.2, 0.25) is 0 Å². The molecule has 0 N–H and O–H groups in total. The molecule has 1 rings (SSSR count). The Bertz CT molecular complexity index is 337. The Balaban J connectivity index is 3.39. The average Bonchev–Trinajstić information content (AvgIpc) is 2.29. The predicted molar refractivity (Wildman–Crippen MR) is 53.0 cm³/mol. The molecule has 12 heavy (non-hydrogen) atoms. The van der Waals surface area contributed by atoms with E-state index >= 15 is 0 Å². The number of rotatable bonds is 2. The van der Waals surface area contributed by atoms with E-state index in [0.29, 0.717) is 10.9 Å². The van der Waals surface area contributed by atoms with Crippen molar-refractivity contribution < 1.29 is 0 Å². The molecule has 0 atom stereocenters. The Hall–Kier alpha value is -1.02. The van der Waals surface area contributed by atoms with Crippen molar-refractivity contribution in [1.82, 2.24) is 9.55 Å². The zero-order valence-corrected chi connectivity index (χ0v) is 8.02. The van der Waals surface area contributed by atoms with E-state index in [0.717, 1.165) is 11.4 Å². The van der Waals surface area contributed by atoms with Crippen molar-refractivity contribution in [2.75, 3.05) is 0 Å². The Morgan fingerprint density at radius 3 is 2.50 bits per heavy atom. The van der Waals surface area contributed by atoms with Crippen LogP contribution >= 0.6 is 11.6 Å². The van der Waals surface area contributed by atoms with Crippen LogP contribution in [0.5, 0.6) is 0 Å². The zero-order valence-electron chi connectivity index (χ0n) is 7.26. The van der Waals surface area contributed by atoms with Crippen LogP contribution in [0.4, 0.5) is 0 Å². The first kappa shape index (κ1) is 9.07. The minimum Gasteiger partial charge on any atom is -0.303 e. The number of hydrogen-bond acceptors (Lipinski definition) is 1. The molecule has 0 aliphatic rings. The van der Waals surface area contributed by atoms with Crippen LogP contribution in [-0.2, 0) is 0 Å². The molecule has 0 unspecified atom stereocenters. The molecule has 0 saturated carbocycles. The highest BCUT2D eigenvalue weighted by Crippen LogP contribution is 2.19. The van der Waals surface area contributed by atoms with Gasteiger partial charge in [0.15, 0.2) is 5.82 Å². The van der Waals surface area contributed by atoms with Crippen LogP contribution in [0.25, 0.3) is 11.2 Å². The fourth-order valence-corrected chi connectivity index (χ4v) is 1.17. The fourth-order valence-electron chi connectivity index (χ4n) is 1.04. The molecular formula is C9H11ClN2. The monoisotopic (exact) mass is 182 g/mol. The number of hydrogen-bond donors (Lipinski definition) is 0. The van der Waals surface area contributed by atoms with Crippen LogP contribution < -0.4 is 0 Å². The third-order valence-corrected chi connectivity index (χ3v) is 1.98. The van der Waals surface area contributed by atoms with Gasteiger partial charge < -0.3 is 4.57 Å². The molecule has 0 aromatic carbocycles. The van der Waals surface area contributed by atoms with E-state index in [1.807, 2.05) is 18.4 Å². The number of imidazole rings is 1. The standard InChI is InChI=1S/C9H11ClN2/c1-5-12-8(4)7(3)11-9(12)6(2)10/h5H,1-2H2,3-4H3. The molecule has 0 radical (unpaired) electrons. The molecule has 3 heteroatoms. The Morgan fingerprint density at radius 1 is 1.58 bits per heavy atom. The van der Waals surface area contributed by atoms with Crippen molar-refractivity contribution in [1.29, 1.82) is 0 Å². The van der Waals surface area contributed by atoms with Gasteiger partial charge in [-0.15, -0.1) is 0 Å². The van der Waals surface area contributed by atoms with E-state index in [9.17, 15) is 0 Å². The average molecular weight is 183 g/mol. The lowest BCUT2D eigenvalue weighted by atomic mass is 10.4. The smallest absolute Gasteiger partial charge is 0.155 e. The molecule has 0 amide bonds. The molecule has 1 aromatic heterocycles. The maximum Gasteiger partial charge on any atom is 0.155 e. The van der Waals surface area contributed by atoms with Crippen LogP contribution in [-0.4, -0.2) is 9.55 Å². The largest absolute Gasteiger partial charge is 0.303 e. The second-order valence-electron chi connectivity index (χ2n) is 2.56. The molecule has 2 nitrogen and oxygen atoms in total. The van der Waals surface area contributed by atoms with Gasteiger partial charge in [0.25, 0.3) is 0 Å².